The fourth-order valence-electron chi connectivity index (χ4n) is 6.07. The summed E-state index contributed by atoms with van der Waals surface area (Å²) in [7, 11) is 0. The number of aromatic amines is 1. The molecule has 2 fully saturated rings. The summed E-state index contributed by atoms with van der Waals surface area (Å²) in [5.74, 6) is -0.859. The molecule has 0 unspecified atom stereocenters. The normalized spacial score (nSPS) is 22.2. The van der Waals surface area contributed by atoms with Gasteiger partial charge >= 0.3 is 12.4 Å². The van der Waals surface area contributed by atoms with Gasteiger partial charge in [-0.15, -0.1) is 0 Å². The Bertz CT molecular complexity index is 1440. The van der Waals surface area contributed by atoms with Gasteiger partial charge in [-0.25, -0.2) is 0 Å². The molecule has 2 aromatic carbocycles. The van der Waals surface area contributed by atoms with Crippen molar-refractivity contribution in [2.75, 3.05) is 45.9 Å². The number of hydrogen-bond donors (Lipinski definition) is 1. The molecule has 3 aliphatic heterocycles. The zero-order valence-electron chi connectivity index (χ0n) is 21.9. The van der Waals surface area contributed by atoms with Gasteiger partial charge in [0.2, 0.25) is 0 Å². The molecule has 6 nitrogen and oxygen atoms in total. The Morgan fingerprint density at radius 3 is 2.32 bits per heavy atom. The minimum atomic E-state index is -5.04. The average molecular weight is 579 g/mol. The van der Waals surface area contributed by atoms with Crippen molar-refractivity contribution >= 4 is 16.8 Å². The molecule has 0 saturated carbocycles. The van der Waals surface area contributed by atoms with Crippen molar-refractivity contribution < 1.29 is 35.9 Å². The number of fused-ring (bicyclic) bond motifs is 2. The van der Waals surface area contributed by atoms with E-state index in [1.807, 2.05) is 30.5 Å². The van der Waals surface area contributed by atoms with Crippen LogP contribution in [0, 0.1) is 0 Å². The van der Waals surface area contributed by atoms with Gasteiger partial charge in [0.05, 0.1) is 36.9 Å². The van der Waals surface area contributed by atoms with Crippen LogP contribution < -0.4 is 0 Å². The molecular weight excluding hydrogens is 550 g/mol. The molecule has 0 spiro atoms. The minimum absolute atomic E-state index is 0.0462. The van der Waals surface area contributed by atoms with Gasteiger partial charge in [0.1, 0.15) is 0 Å². The highest BCUT2D eigenvalue weighted by atomic mass is 19.4. The lowest BCUT2D eigenvalue weighted by molar-refractivity contribution is -0.143. The number of amides is 1. The number of nitrogens with zero attached hydrogens (tertiary/aromatic N) is 3. The first-order chi connectivity index (χ1) is 19.5. The predicted molar refractivity (Wildman–Crippen MR) is 139 cm³/mol. The third-order valence-electron chi connectivity index (χ3n) is 8.14. The van der Waals surface area contributed by atoms with E-state index >= 15 is 0 Å². The van der Waals surface area contributed by atoms with E-state index in [2.05, 4.69) is 20.9 Å². The fourth-order valence-corrected chi connectivity index (χ4v) is 6.07. The number of hydrogen-bond acceptors (Lipinski definition) is 4. The molecule has 4 heterocycles. The highest BCUT2D eigenvalue weighted by Crippen LogP contribution is 2.37. The molecule has 1 aromatic heterocycles. The highest BCUT2D eigenvalue weighted by Gasteiger charge is 2.41. The predicted octanol–water partition coefficient (Wildman–Crippen LogP) is 5.17. The second-order valence-corrected chi connectivity index (χ2v) is 10.7. The Kier molecular flexibility index (Phi) is 7.01. The number of carbonyl (C=O) groups excluding carboxylic acids is 1. The lowest BCUT2D eigenvalue weighted by atomic mass is 9.98. The molecule has 1 N–H and O–H groups in total. The molecule has 0 radical (unpaired) electrons. The van der Waals surface area contributed by atoms with Crippen molar-refractivity contribution in [2.45, 2.75) is 30.9 Å². The summed E-state index contributed by atoms with van der Waals surface area (Å²) in [6.45, 7) is 3.94. The van der Waals surface area contributed by atoms with Gasteiger partial charge in [-0.3, -0.25) is 9.69 Å². The Labute approximate surface area is 232 Å². The molecule has 3 aliphatic rings. The van der Waals surface area contributed by atoms with Crippen molar-refractivity contribution in [3.63, 3.8) is 0 Å². The number of aromatic nitrogens is 1. The largest absolute Gasteiger partial charge is 0.416 e. The Balaban J connectivity index is 1.36. The third-order valence-corrected chi connectivity index (χ3v) is 8.14. The lowest BCUT2D eigenvalue weighted by Crippen LogP contribution is -2.54. The van der Waals surface area contributed by atoms with Crippen molar-refractivity contribution in [3.05, 3.63) is 82.7 Å². The molecule has 2 atom stereocenters. The number of morpholine rings is 1. The molecule has 2 saturated heterocycles. The van der Waals surface area contributed by atoms with Crippen LogP contribution in [0.1, 0.15) is 27.0 Å². The molecule has 3 aromatic rings. The maximum absolute atomic E-state index is 13.8. The first-order valence-electron chi connectivity index (χ1n) is 13.4. The van der Waals surface area contributed by atoms with E-state index in [9.17, 15) is 31.1 Å². The fraction of sp³-hybridized carbons (Fsp3) is 0.414. The van der Waals surface area contributed by atoms with Crippen LogP contribution in [0.4, 0.5) is 26.3 Å². The number of carbonyl (C=O) groups is 1. The van der Waals surface area contributed by atoms with Crippen molar-refractivity contribution in [2.24, 2.45) is 0 Å². The standard InChI is InChI=1S/C29H28F6N4O2/c30-28(31,32)20-9-18(10-21(12-20)29(33,34)35)27(40)39-17-23-13-22(37-5-7-41-8-6-37)15-38(23)16-24(39)11-19-14-36-26-4-2-1-3-25(19)26/h1-4,9-10,12-14,22,24,36H,5-8,11,15-17H2/t22-,24+/m0/s1. The van der Waals surface area contributed by atoms with Gasteiger partial charge in [0.15, 0.2) is 0 Å². The van der Waals surface area contributed by atoms with E-state index in [4.69, 9.17) is 4.74 Å². The second-order valence-electron chi connectivity index (χ2n) is 10.7. The molecular formula is C29H28F6N4O2. The first-order valence-corrected chi connectivity index (χ1v) is 13.4. The quantitative estimate of drug-likeness (QED) is 0.434. The van der Waals surface area contributed by atoms with Crippen LogP contribution in [-0.4, -0.2) is 83.6 Å². The maximum atomic E-state index is 13.8. The second kappa shape index (κ2) is 10.4. The van der Waals surface area contributed by atoms with Gasteiger partial charge < -0.3 is 19.5 Å². The molecule has 0 aliphatic carbocycles. The van der Waals surface area contributed by atoms with Crippen molar-refractivity contribution in [1.29, 1.82) is 0 Å². The smallest absolute Gasteiger partial charge is 0.379 e. The number of alkyl halides is 6. The van der Waals surface area contributed by atoms with Gasteiger partial charge in [0.25, 0.3) is 5.91 Å². The molecule has 6 rings (SSSR count). The lowest BCUT2D eigenvalue weighted by Gasteiger charge is -2.43. The summed E-state index contributed by atoms with van der Waals surface area (Å²) in [6.07, 6.45) is -5.81. The summed E-state index contributed by atoms with van der Waals surface area (Å²) in [4.78, 5) is 22.9. The van der Waals surface area contributed by atoms with E-state index < -0.39 is 41.0 Å². The number of benzene rings is 2. The number of para-hydroxylation sites is 1. The summed E-state index contributed by atoms with van der Waals surface area (Å²) in [5.41, 5.74) is -0.983. The van der Waals surface area contributed by atoms with E-state index in [1.165, 1.54) is 4.90 Å². The van der Waals surface area contributed by atoms with Crippen LogP contribution in [0.25, 0.3) is 10.9 Å². The number of piperazine rings is 1. The van der Waals surface area contributed by atoms with Crippen LogP contribution >= 0.6 is 0 Å². The Hall–Kier alpha value is -3.51. The van der Waals surface area contributed by atoms with Crippen molar-refractivity contribution in [3.8, 4) is 0 Å². The number of H-pyrrole nitrogens is 1. The minimum Gasteiger partial charge on any atom is -0.379 e. The van der Waals surface area contributed by atoms with Crippen LogP contribution in [0.3, 0.4) is 0 Å². The maximum Gasteiger partial charge on any atom is 0.416 e. The monoisotopic (exact) mass is 578 g/mol. The number of ether oxygens (including phenoxy) is 1. The Morgan fingerprint density at radius 2 is 1.63 bits per heavy atom. The molecule has 12 heteroatoms. The van der Waals surface area contributed by atoms with Crippen molar-refractivity contribution in [1.82, 2.24) is 19.7 Å². The van der Waals surface area contributed by atoms with Gasteiger partial charge in [-0.2, -0.15) is 26.3 Å². The molecule has 1 amide bonds. The highest BCUT2D eigenvalue weighted by molar-refractivity contribution is 5.95. The number of nitrogens with one attached hydrogen (secondary N) is 1. The number of halogens is 6. The Morgan fingerprint density at radius 1 is 0.951 bits per heavy atom. The topological polar surface area (TPSA) is 51.8 Å². The summed E-state index contributed by atoms with van der Waals surface area (Å²) < 4.78 is 87.0. The summed E-state index contributed by atoms with van der Waals surface area (Å²) in [5, 5.41) is 0.951. The number of rotatable bonds is 4. The SMILES string of the molecule is O=C(c1cc(C(F)(F)F)cc(C(F)(F)F)c1)N1CC2=C[C@H](N3CCOCC3)CN2C[C@H]1Cc1c[nH]c2ccccc12. The van der Waals surface area contributed by atoms with E-state index in [0.717, 1.165) is 35.3 Å². The molecule has 41 heavy (non-hydrogen) atoms. The van der Waals surface area contributed by atoms with Crippen LogP contribution in [-0.2, 0) is 23.5 Å². The van der Waals surface area contributed by atoms with Crippen LogP contribution in [0.2, 0.25) is 0 Å². The molecule has 0 bridgehead atoms. The van der Waals surface area contributed by atoms with Gasteiger partial charge in [-0.05, 0) is 42.3 Å². The van der Waals surface area contributed by atoms with E-state index in [-0.39, 0.29) is 18.7 Å². The third kappa shape index (κ3) is 5.54. The zero-order valence-corrected chi connectivity index (χ0v) is 21.9. The van der Waals surface area contributed by atoms with Crippen LogP contribution in [0.5, 0.6) is 0 Å². The van der Waals surface area contributed by atoms with Gasteiger partial charge in [0, 0.05) is 60.6 Å². The summed E-state index contributed by atoms with van der Waals surface area (Å²) >= 11 is 0. The van der Waals surface area contributed by atoms with E-state index in [0.29, 0.717) is 44.9 Å². The van der Waals surface area contributed by atoms with Gasteiger partial charge in [-0.1, -0.05) is 18.2 Å². The zero-order chi connectivity index (χ0) is 28.9. The first kappa shape index (κ1) is 27.6. The van der Waals surface area contributed by atoms with E-state index in [1.54, 1.807) is 0 Å². The molecule has 218 valence electrons. The average Bonchev–Trinajstić information content (AvgIpc) is 3.55. The van der Waals surface area contributed by atoms with Crippen LogP contribution in [0.15, 0.2) is 60.4 Å². The summed E-state index contributed by atoms with van der Waals surface area (Å²) in [6, 6.07) is 8.32.